The summed E-state index contributed by atoms with van der Waals surface area (Å²) in [5.74, 6) is 0.869. The van der Waals surface area contributed by atoms with E-state index in [9.17, 15) is 0 Å². The molecule has 0 aromatic heterocycles. The second kappa shape index (κ2) is 7.10. The van der Waals surface area contributed by atoms with Crippen molar-refractivity contribution in [3.05, 3.63) is 64.6 Å². The van der Waals surface area contributed by atoms with E-state index in [0.717, 1.165) is 16.8 Å². The van der Waals surface area contributed by atoms with Crippen molar-refractivity contribution in [1.82, 2.24) is 5.32 Å². The lowest BCUT2D eigenvalue weighted by molar-refractivity contribution is 0.188. The monoisotopic (exact) mass is 347 g/mol. The second-order valence-electron chi connectivity index (χ2n) is 6.11. The summed E-state index contributed by atoms with van der Waals surface area (Å²) in [7, 11) is 0. The molecule has 0 aliphatic carbocycles. The number of hydrogen-bond acceptors (Lipinski definition) is 2. The Bertz CT molecular complexity index is 563. The highest BCUT2D eigenvalue weighted by Gasteiger charge is 2.17. The van der Waals surface area contributed by atoms with E-state index in [1.807, 2.05) is 42.5 Å². The molecule has 0 bridgehead atoms. The van der Waals surface area contributed by atoms with Gasteiger partial charge in [0, 0.05) is 16.6 Å². The molecule has 1 atom stereocenters. The Labute approximate surface area is 135 Å². The zero-order valence-electron chi connectivity index (χ0n) is 12.8. The molecule has 3 heteroatoms. The first-order chi connectivity index (χ1) is 9.94. The molecule has 0 heterocycles. The van der Waals surface area contributed by atoms with E-state index in [4.69, 9.17) is 4.74 Å². The molecule has 1 N–H and O–H groups in total. The van der Waals surface area contributed by atoms with Gasteiger partial charge >= 0.3 is 0 Å². The van der Waals surface area contributed by atoms with Crippen LogP contribution in [0.25, 0.3) is 0 Å². The third kappa shape index (κ3) is 5.52. The van der Waals surface area contributed by atoms with Crippen LogP contribution in [0.1, 0.15) is 32.4 Å². The van der Waals surface area contributed by atoms with Gasteiger partial charge in [0.25, 0.3) is 0 Å². The minimum atomic E-state index is -0.0141. The van der Waals surface area contributed by atoms with Crippen molar-refractivity contribution >= 4 is 15.9 Å². The normalized spacial score (nSPS) is 13.0. The van der Waals surface area contributed by atoms with E-state index in [1.165, 1.54) is 5.56 Å². The van der Waals surface area contributed by atoms with Crippen molar-refractivity contribution in [1.29, 1.82) is 0 Å². The molecule has 2 nitrogen and oxygen atoms in total. The van der Waals surface area contributed by atoms with E-state index < -0.39 is 0 Å². The first-order valence-corrected chi connectivity index (χ1v) is 7.95. The predicted molar refractivity (Wildman–Crippen MR) is 91.7 cm³/mol. The first kappa shape index (κ1) is 16.1. The van der Waals surface area contributed by atoms with Gasteiger partial charge in [0.1, 0.15) is 11.9 Å². The Morgan fingerprint density at radius 3 is 2.38 bits per heavy atom. The molecule has 2 aromatic rings. The van der Waals surface area contributed by atoms with Gasteiger partial charge < -0.3 is 10.1 Å². The summed E-state index contributed by atoms with van der Waals surface area (Å²) in [6.45, 7) is 7.25. The first-order valence-electron chi connectivity index (χ1n) is 7.16. The van der Waals surface area contributed by atoms with Crippen LogP contribution in [0.3, 0.4) is 0 Å². The molecule has 0 amide bonds. The lowest BCUT2D eigenvalue weighted by Gasteiger charge is -2.26. The van der Waals surface area contributed by atoms with Crippen molar-refractivity contribution in [2.45, 2.75) is 32.4 Å². The largest absolute Gasteiger partial charge is 0.484 e. The third-order valence-electron chi connectivity index (χ3n) is 3.06. The lowest BCUT2D eigenvalue weighted by Crippen LogP contribution is -2.39. The van der Waals surface area contributed by atoms with Crippen molar-refractivity contribution in [2.75, 3.05) is 6.54 Å². The molecular weight excluding hydrogens is 326 g/mol. The predicted octanol–water partition coefficient (Wildman–Crippen LogP) is 4.96. The highest BCUT2D eigenvalue weighted by atomic mass is 79.9. The Morgan fingerprint density at radius 2 is 1.76 bits per heavy atom. The van der Waals surface area contributed by atoms with E-state index in [0.29, 0.717) is 0 Å². The molecule has 0 saturated carbocycles. The maximum absolute atomic E-state index is 6.18. The highest BCUT2D eigenvalue weighted by molar-refractivity contribution is 9.10. The number of rotatable bonds is 5. The van der Waals surface area contributed by atoms with Crippen molar-refractivity contribution < 1.29 is 4.74 Å². The summed E-state index contributed by atoms with van der Waals surface area (Å²) in [5, 5.41) is 3.52. The molecule has 0 saturated heterocycles. The quantitative estimate of drug-likeness (QED) is 0.825. The second-order valence-corrected chi connectivity index (χ2v) is 7.02. The van der Waals surface area contributed by atoms with Gasteiger partial charge in [0.2, 0.25) is 0 Å². The molecular formula is C18H22BrNO. The molecule has 112 valence electrons. The Morgan fingerprint density at radius 1 is 1.05 bits per heavy atom. The number of benzene rings is 2. The average molecular weight is 348 g/mol. The SMILES string of the molecule is CC(C)(C)NCC(Oc1cccc(Br)c1)c1ccccc1. The van der Waals surface area contributed by atoms with E-state index in [-0.39, 0.29) is 11.6 Å². The van der Waals surface area contributed by atoms with Crippen LogP contribution < -0.4 is 10.1 Å². The average Bonchev–Trinajstić information content (AvgIpc) is 2.43. The molecule has 0 fully saturated rings. The van der Waals surface area contributed by atoms with Crippen LogP contribution in [0.5, 0.6) is 5.75 Å². The van der Waals surface area contributed by atoms with Gasteiger partial charge in [-0.05, 0) is 44.5 Å². The van der Waals surface area contributed by atoms with Gasteiger partial charge in [-0.2, -0.15) is 0 Å². The summed E-state index contributed by atoms with van der Waals surface area (Å²) in [6.07, 6.45) is -0.0141. The topological polar surface area (TPSA) is 21.3 Å². The van der Waals surface area contributed by atoms with E-state index in [2.05, 4.69) is 54.2 Å². The number of halogens is 1. The number of hydrogen-bond donors (Lipinski definition) is 1. The van der Waals surface area contributed by atoms with Crippen LogP contribution in [-0.2, 0) is 0 Å². The summed E-state index contributed by atoms with van der Waals surface area (Å²) in [5.41, 5.74) is 1.24. The Hall–Kier alpha value is -1.32. The van der Waals surface area contributed by atoms with Crippen LogP contribution in [0.2, 0.25) is 0 Å². The molecule has 0 radical (unpaired) electrons. The van der Waals surface area contributed by atoms with Gasteiger partial charge in [-0.15, -0.1) is 0 Å². The number of nitrogens with one attached hydrogen (secondary N) is 1. The van der Waals surface area contributed by atoms with Gasteiger partial charge in [-0.1, -0.05) is 52.3 Å². The minimum absolute atomic E-state index is 0.0141. The van der Waals surface area contributed by atoms with Gasteiger partial charge in [-0.25, -0.2) is 0 Å². The van der Waals surface area contributed by atoms with Crippen LogP contribution in [0.4, 0.5) is 0 Å². The summed E-state index contributed by atoms with van der Waals surface area (Å²) in [6, 6.07) is 18.3. The van der Waals surface area contributed by atoms with E-state index in [1.54, 1.807) is 0 Å². The maximum atomic E-state index is 6.18. The maximum Gasteiger partial charge on any atom is 0.136 e. The van der Waals surface area contributed by atoms with Gasteiger partial charge in [-0.3, -0.25) is 0 Å². The van der Waals surface area contributed by atoms with Crippen LogP contribution in [0, 0.1) is 0 Å². The highest BCUT2D eigenvalue weighted by Crippen LogP contribution is 2.24. The Kier molecular flexibility index (Phi) is 5.43. The molecule has 21 heavy (non-hydrogen) atoms. The molecule has 2 rings (SSSR count). The van der Waals surface area contributed by atoms with Crippen LogP contribution in [0.15, 0.2) is 59.1 Å². The van der Waals surface area contributed by atoms with Gasteiger partial charge in [0.15, 0.2) is 0 Å². The fourth-order valence-electron chi connectivity index (χ4n) is 2.00. The zero-order chi connectivity index (χ0) is 15.3. The fraction of sp³-hybridized carbons (Fsp3) is 0.333. The smallest absolute Gasteiger partial charge is 0.136 e. The summed E-state index contributed by atoms with van der Waals surface area (Å²) >= 11 is 3.48. The van der Waals surface area contributed by atoms with Crippen molar-refractivity contribution in [2.24, 2.45) is 0 Å². The standard InChI is InChI=1S/C18H22BrNO/c1-18(2,3)20-13-17(14-8-5-4-6-9-14)21-16-11-7-10-15(19)12-16/h4-12,17,20H,13H2,1-3H3. The summed E-state index contributed by atoms with van der Waals surface area (Å²) < 4.78 is 7.21. The Balaban J connectivity index is 2.16. The molecule has 2 aromatic carbocycles. The molecule has 0 spiro atoms. The third-order valence-corrected chi connectivity index (χ3v) is 3.56. The van der Waals surface area contributed by atoms with Gasteiger partial charge in [0.05, 0.1) is 0 Å². The van der Waals surface area contributed by atoms with Crippen LogP contribution >= 0.6 is 15.9 Å². The van der Waals surface area contributed by atoms with E-state index >= 15 is 0 Å². The van der Waals surface area contributed by atoms with Crippen molar-refractivity contribution in [3.63, 3.8) is 0 Å². The molecule has 0 aliphatic heterocycles. The number of ether oxygens (including phenoxy) is 1. The fourth-order valence-corrected chi connectivity index (χ4v) is 2.38. The minimum Gasteiger partial charge on any atom is -0.484 e. The molecule has 0 aliphatic rings. The van der Waals surface area contributed by atoms with Crippen LogP contribution in [-0.4, -0.2) is 12.1 Å². The zero-order valence-corrected chi connectivity index (χ0v) is 14.4. The van der Waals surface area contributed by atoms with Crippen molar-refractivity contribution in [3.8, 4) is 5.75 Å². The summed E-state index contributed by atoms with van der Waals surface area (Å²) in [4.78, 5) is 0. The lowest BCUT2D eigenvalue weighted by atomic mass is 10.1. The molecule has 1 unspecified atom stereocenters.